The second-order valence-electron chi connectivity index (χ2n) is 3.89. The van der Waals surface area contributed by atoms with Crippen LogP contribution in [0.5, 0.6) is 0 Å². The number of hydrogen-bond acceptors (Lipinski definition) is 2. The molecule has 1 aromatic heterocycles. The molecule has 0 aliphatic heterocycles. The van der Waals surface area contributed by atoms with Crippen LogP contribution in [0.2, 0.25) is 0 Å². The van der Waals surface area contributed by atoms with Gasteiger partial charge in [0, 0.05) is 30.4 Å². The Kier molecular flexibility index (Phi) is 3.91. The zero-order valence-corrected chi connectivity index (χ0v) is 9.84. The summed E-state index contributed by atoms with van der Waals surface area (Å²) in [7, 11) is 0. The van der Waals surface area contributed by atoms with Gasteiger partial charge < -0.3 is 10.4 Å². The number of pyridine rings is 1. The second kappa shape index (κ2) is 5.82. The maximum atomic E-state index is 10.3. The highest BCUT2D eigenvalue weighted by molar-refractivity contribution is 5.64. The van der Waals surface area contributed by atoms with Gasteiger partial charge in [0.25, 0.3) is 0 Å². The molecule has 0 aliphatic rings. The molecule has 2 rings (SSSR count). The minimum atomic E-state index is -1.00. The summed E-state index contributed by atoms with van der Waals surface area (Å²) in [5.41, 5.74) is 3.06. The highest BCUT2D eigenvalue weighted by atomic mass is 16.4. The fourth-order valence-corrected chi connectivity index (χ4v) is 1.67. The zero-order valence-electron chi connectivity index (χ0n) is 9.84. The van der Waals surface area contributed by atoms with Gasteiger partial charge in [-0.25, -0.2) is 4.79 Å². The molecule has 0 fully saturated rings. The Labute approximate surface area is 105 Å². The quantitative estimate of drug-likeness (QED) is 0.866. The predicted octanol–water partition coefficient (Wildman–Crippen LogP) is 2.56. The second-order valence-corrected chi connectivity index (χ2v) is 3.89. The molecule has 2 N–H and O–H groups in total. The molecule has 18 heavy (non-hydrogen) atoms. The average Bonchev–Trinajstić information content (AvgIpc) is 2.40. The highest BCUT2D eigenvalue weighted by Gasteiger charge is 1.99. The predicted molar refractivity (Wildman–Crippen MR) is 69.4 cm³/mol. The lowest BCUT2D eigenvalue weighted by Crippen LogP contribution is -2.23. The standard InChI is InChI=1S/C14H14N2O2/c17-14(18)15-9-8-13-7-6-12(10-16-13)11-4-2-1-3-5-11/h1-7,10,15H,8-9H2,(H,17,18). The van der Waals surface area contributed by atoms with Crippen molar-refractivity contribution in [1.29, 1.82) is 0 Å². The molecule has 0 spiro atoms. The van der Waals surface area contributed by atoms with Crippen molar-refractivity contribution < 1.29 is 9.90 Å². The number of carbonyl (C=O) groups is 1. The van der Waals surface area contributed by atoms with E-state index in [0.29, 0.717) is 13.0 Å². The first-order valence-corrected chi connectivity index (χ1v) is 5.73. The van der Waals surface area contributed by atoms with Gasteiger partial charge in [-0.05, 0) is 11.6 Å². The number of nitrogens with one attached hydrogen (secondary N) is 1. The Morgan fingerprint density at radius 2 is 1.89 bits per heavy atom. The zero-order chi connectivity index (χ0) is 12.8. The molecule has 1 heterocycles. The van der Waals surface area contributed by atoms with E-state index in [1.54, 1.807) is 0 Å². The lowest BCUT2D eigenvalue weighted by Gasteiger charge is -2.04. The molecule has 0 atom stereocenters. The third-order valence-electron chi connectivity index (χ3n) is 2.59. The number of benzene rings is 1. The Bertz CT molecular complexity index is 509. The molecule has 0 saturated heterocycles. The number of amides is 1. The number of nitrogens with zero attached hydrogens (tertiary/aromatic N) is 1. The number of rotatable bonds is 4. The largest absolute Gasteiger partial charge is 0.465 e. The van der Waals surface area contributed by atoms with Crippen LogP contribution in [0.15, 0.2) is 48.7 Å². The van der Waals surface area contributed by atoms with Crippen molar-refractivity contribution >= 4 is 6.09 Å². The highest BCUT2D eigenvalue weighted by Crippen LogP contribution is 2.17. The molecular weight excluding hydrogens is 228 g/mol. The summed E-state index contributed by atoms with van der Waals surface area (Å²) < 4.78 is 0. The maximum Gasteiger partial charge on any atom is 0.404 e. The van der Waals surface area contributed by atoms with Gasteiger partial charge in [0.05, 0.1) is 0 Å². The van der Waals surface area contributed by atoms with Gasteiger partial charge >= 0.3 is 6.09 Å². The molecule has 2 aromatic rings. The number of carboxylic acid groups (broad SMARTS) is 1. The van der Waals surface area contributed by atoms with Crippen LogP contribution in [0, 0.1) is 0 Å². The first-order chi connectivity index (χ1) is 8.75. The van der Waals surface area contributed by atoms with Gasteiger partial charge in [-0.2, -0.15) is 0 Å². The van der Waals surface area contributed by atoms with E-state index in [0.717, 1.165) is 16.8 Å². The van der Waals surface area contributed by atoms with Gasteiger partial charge in [0.2, 0.25) is 0 Å². The van der Waals surface area contributed by atoms with Crippen LogP contribution >= 0.6 is 0 Å². The summed E-state index contributed by atoms with van der Waals surface area (Å²) in [5, 5.41) is 10.8. The SMILES string of the molecule is O=C(O)NCCc1ccc(-c2ccccc2)cn1. The van der Waals surface area contributed by atoms with Gasteiger partial charge in [0.1, 0.15) is 0 Å². The van der Waals surface area contributed by atoms with Crippen LogP contribution in [0.1, 0.15) is 5.69 Å². The summed E-state index contributed by atoms with van der Waals surface area (Å²) in [6, 6.07) is 13.9. The van der Waals surface area contributed by atoms with E-state index >= 15 is 0 Å². The summed E-state index contributed by atoms with van der Waals surface area (Å²) >= 11 is 0. The van der Waals surface area contributed by atoms with Crippen molar-refractivity contribution in [3.63, 3.8) is 0 Å². The topological polar surface area (TPSA) is 62.2 Å². The van der Waals surface area contributed by atoms with Gasteiger partial charge in [-0.1, -0.05) is 36.4 Å². The molecule has 4 nitrogen and oxygen atoms in total. The van der Waals surface area contributed by atoms with E-state index < -0.39 is 6.09 Å². The summed E-state index contributed by atoms with van der Waals surface area (Å²) in [5.74, 6) is 0. The number of hydrogen-bond donors (Lipinski definition) is 2. The molecule has 0 bridgehead atoms. The molecule has 1 amide bonds. The first kappa shape index (κ1) is 12.1. The molecule has 0 aliphatic carbocycles. The normalized spacial score (nSPS) is 10.0. The smallest absolute Gasteiger partial charge is 0.404 e. The molecule has 92 valence electrons. The molecular formula is C14H14N2O2. The maximum absolute atomic E-state index is 10.3. The van der Waals surface area contributed by atoms with Crippen molar-refractivity contribution in [2.24, 2.45) is 0 Å². The molecule has 0 saturated carbocycles. The molecule has 0 radical (unpaired) electrons. The van der Waals surface area contributed by atoms with E-state index in [9.17, 15) is 4.79 Å². The molecule has 0 unspecified atom stereocenters. The number of aromatic nitrogens is 1. The van der Waals surface area contributed by atoms with Crippen molar-refractivity contribution in [2.75, 3.05) is 6.54 Å². The Morgan fingerprint density at radius 3 is 2.50 bits per heavy atom. The first-order valence-electron chi connectivity index (χ1n) is 5.73. The third kappa shape index (κ3) is 3.31. The van der Waals surface area contributed by atoms with E-state index in [4.69, 9.17) is 5.11 Å². The van der Waals surface area contributed by atoms with E-state index in [2.05, 4.69) is 10.3 Å². The van der Waals surface area contributed by atoms with Gasteiger partial charge in [-0.3, -0.25) is 4.98 Å². The lowest BCUT2D eigenvalue weighted by molar-refractivity contribution is 0.194. The van der Waals surface area contributed by atoms with E-state index in [1.165, 1.54) is 0 Å². The average molecular weight is 242 g/mol. The molecule has 4 heteroatoms. The fraction of sp³-hybridized carbons (Fsp3) is 0.143. The van der Waals surface area contributed by atoms with Crippen LogP contribution < -0.4 is 5.32 Å². The Morgan fingerprint density at radius 1 is 1.11 bits per heavy atom. The van der Waals surface area contributed by atoms with Crippen LogP contribution in [0.4, 0.5) is 4.79 Å². The fourth-order valence-electron chi connectivity index (χ4n) is 1.67. The van der Waals surface area contributed by atoms with Crippen LogP contribution in [-0.4, -0.2) is 22.7 Å². The van der Waals surface area contributed by atoms with E-state index in [1.807, 2.05) is 48.7 Å². The van der Waals surface area contributed by atoms with Crippen molar-refractivity contribution in [3.05, 3.63) is 54.4 Å². The Hall–Kier alpha value is -2.36. The van der Waals surface area contributed by atoms with Crippen molar-refractivity contribution in [1.82, 2.24) is 10.3 Å². The van der Waals surface area contributed by atoms with Crippen LogP contribution in [0.3, 0.4) is 0 Å². The van der Waals surface area contributed by atoms with Gasteiger partial charge in [-0.15, -0.1) is 0 Å². The minimum Gasteiger partial charge on any atom is -0.465 e. The van der Waals surface area contributed by atoms with Crippen LogP contribution in [0.25, 0.3) is 11.1 Å². The van der Waals surface area contributed by atoms with Crippen molar-refractivity contribution in [3.8, 4) is 11.1 Å². The minimum absolute atomic E-state index is 0.382. The summed E-state index contributed by atoms with van der Waals surface area (Å²) in [4.78, 5) is 14.6. The van der Waals surface area contributed by atoms with E-state index in [-0.39, 0.29) is 0 Å². The summed E-state index contributed by atoms with van der Waals surface area (Å²) in [6.45, 7) is 0.382. The van der Waals surface area contributed by atoms with Crippen LogP contribution in [-0.2, 0) is 6.42 Å². The third-order valence-corrected chi connectivity index (χ3v) is 2.59. The van der Waals surface area contributed by atoms with Gasteiger partial charge in [0.15, 0.2) is 0 Å². The molecule has 1 aromatic carbocycles. The Balaban J connectivity index is 2.00. The monoisotopic (exact) mass is 242 g/mol. The van der Waals surface area contributed by atoms with Crippen molar-refractivity contribution in [2.45, 2.75) is 6.42 Å². The lowest BCUT2D eigenvalue weighted by atomic mass is 10.1. The summed E-state index contributed by atoms with van der Waals surface area (Å²) in [6.07, 6.45) is 1.41.